The average molecular weight is 448 g/mol. The molecule has 2 aromatic rings. The van der Waals surface area contributed by atoms with Crippen LogP contribution in [0.3, 0.4) is 0 Å². The molecule has 3 rings (SSSR count). The van der Waals surface area contributed by atoms with Gasteiger partial charge in [0.15, 0.2) is 0 Å². The predicted octanol–water partition coefficient (Wildman–Crippen LogP) is 2.32. The number of hydrogen-bond acceptors (Lipinski definition) is 7. The highest BCUT2D eigenvalue weighted by Crippen LogP contribution is 2.27. The Kier molecular flexibility index (Phi) is 7.51. The fourth-order valence-corrected chi connectivity index (χ4v) is 5.61. The van der Waals surface area contributed by atoms with Crippen molar-refractivity contribution in [2.75, 3.05) is 52.3 Å². The third kappa shape index (κ3) is 5.72. The molecule has 8 nitrogen and oxygen atoms in total. The van der Waals surface area contributed by atoms with Gasteiger partial charge in [0.1, 0.15) is 5.75 Å². The van der Waals surface area contributed by atoms with Crippen molar-refractivity contribution < 1.29 is 13.2 Å². The first-order valence-electron chi connectivity index (χ1n) is 10.6. The van der Waals surface area contributed by atoms with Crippen LogP contribution in [0.5, 0.6) is 5.75 Å². The molecule has 0 unspecified atom stereocenters. The summed E-state index contributed by atoms with van der Waals surface area (Å²) in [6.45, 7) is 6.48. The minimum atomic E-state index is -3.65. The van der Waals surface area contributed by atoms with Crippen LogP contribution < -0.4 is 9.64 Å². The third-order valence-electron chi connectivity index (χ3n) is 5.54. The molecule has 31 heavy (non-hydrogen) atoms. The summed E-state index contributed by atoms with van der Waals surface area (Å²) < 4.78 is 34.0. The van der Waals surface area contributed by atoms with Crippen molar-refractivity contribution in [2.45, 2.75) is 37.6 Å². The van der Waals surface area contributed by atoms with Gasteiger partial charge in [-0.3, -0.25) is 0 Å². The van der Waals surface area contributed by atoms with Crippen LogP contribution in [-0.4, -0.2) is 81.0 Å². The van der Waals surface area contributed by atoms with E-state index in [4.69, 9.17) is 4.74 Å². The Bertz CT molecular complexity index is 968. The van der Waals surface area contributed by atoms with Crippen LogP contribution in [0.15, 0.2) is 35.2 Å². The van der Waals surface area contributed by atoms with Gasteiger partial charge in [-0.25, -0.2) is 18.4 Å². The lowest BCUT2D eigenvalue weighted by Gasteiger charge is -2.38. The molecule has 2 heterocycles. The minimum Gasteiger partial charge on any atom is -0.497 e. The van der Waals surface area contributed by atoms with E-state index in [-0.39, 0.29) is 10.9 Å². The molecule has 0 N–H and O–H groups in total. The van der Waals surface area contributed by atoms with Gasteiger partial charge in [0.25, 0.3) is 0 Å². The number of anilines is 1. The van der Waals surface area contributed by atoms with Gasteiger partial charge in [-0.1, -0.05) is 6.07 Å². The quantitative estimate of drug-likeness (QED) is 0.614. The van der Waals surface area contributed by atoms with Gasteiger partial charge in [-0.05, 0) is 59.0 Å². The molecule has 1 fully saturated rings. The van der Waals surface area contributed by atoms with Crippen LogP contribution in [-0.2, 0) is 10.0 Å². The Morgan fingerprint density at radius 1 is 1.06 bits per heavy atom. The fraction of sp³-hybridized carbons (Fsp3) is 0.545. The molecule has 0 bridgehead atoms. The standard InChI is InChI=1S/C22H33N5O3S/c1-17-15-18(2)24-22(23-17)26-11-9-19(10-12-26)27(14-13-25(3)4)31(28,29)21-8-6-7-20(16-21)30-5/h6-8,15-16,19H,9-14H2,1-5H3. The number of ether oxygens (including phenoxy) is 1. The van der Waals surface area contributed by atoms with Gasteiger partial charge in [0, 0.05) is 49.7 Å². The summed E-state index contributed by atoms with van der Waals surface area (Å²) in [5.41, 5.74) is 1.88. The normalized spacial score (nSPS) is 15.6. The first-order chi connectivity index (χ1) is 14.7. The van der Waals surface area contributed by atoms with Crippen LogP contribution in [0.25, 0.3) is 0 Å². The Morgan fingerprint density at radius 3 is 2.29 bits per heavy atom. The molecule has 0 atom stereocenters. The van der Waals surface area contributed by atoms with Crippen molar-refractivity contribution in [1.29, 1.82) is 0 Å². The number of hydrogen-bond donors (Lipinski definition) is 0. The van der Waals surface area contributed by atoms with Crippen molar-refractivity contribution in [2.24, 2.45) is 0 Å². The summed E-state index contributed by atoms with van der Waals surface area (Å²) in [4.78, 5) is 13.6. The maximum Gasteiger partial charge on any atom is 0.243 e. The highest BCUT2D eigenvalue weighted by Gasteiger charge is 2.34. The number of methoxy groups -OCH3 is 1. The van der Waals surface area contributed by atoms with Crippen LogP contribution in [0.4, 0.5) is 5.95 Å². The maximum atomic E-state index is 13.6. The van der Waals surface area contributed by atoms with Gasteiger partial charge in [-0.2, -0.15) is 4.31 Å². The van der Waals surface area contributed by atoms with Gasteiger partial charge in [0.2, 0.25) is 16.0 Å². The summed E-state index contributed by atoms with van der Waals surface area (Å²) in [5, 5.41) is 0. The number of aryl methyl sites for hydroxylation is 2. The lowest BCUT2D eigenvalue weighted by atomic mass is 10.1. The molecule has 1 aromatic carbocycles. The SMILES string of the molecule is COc1cccc(S(=O)(=O)N(CCN(C)C)C2CCN(c3nc(C)cc(C)n3)CC2)c1. The summed E-state index contributed by atoms with van der Waals surface area (Å²) in [5.74, 6) is 1.27. The monoisotopic (exact) mass is 447 g/mol. The van der Waals surface area contributed by atoms with E-state index in [2.05, 4.69) is 14.9 Å². The van der Waals surface area contributed by atoms with Crippen molar-refractivity contribution in [3.05, 3.63) is 41.7 Å². The van der Waals surface area contributed by atoms with Crippen LogP contribution >= 0.6 is 0 Å². The second-order valence-corrected chi connectivity index (χ2v) is 10.2. The summed E-state index contributed by atoms with van der Waals surface area (Å²) in [6.07, 6.45) is 1.46. The fourth-order valence-electron chi connectivity index (χ4n) is 3.90. The molecule has 1 saturated heterocycles. The zero-order valence-corrected chi connectivity index (χ0v) is 19.9. The van der Waals surface area contributed by atoms with Crippen LogP contribution in [0.2, 0.25) is 0 Å². The molecular weight excluding hydrogens is 414 g/mol. The van der Waals surface area contributed by atoms with Gasteiger partial charge in [-0.15, -0.1) is 0 Å². The highest BCUT2D eigenvalue weighted by molar-refractivity contribution is 7.89. The molecule has 0 radical (unpaired) electrons. The lowest BCUT2D eigenvalue weighted by molar-refractivity contribution is 0.249. The van der Waals surface area contributed by atoms with Crippen molar-refractivity contribution >= 4 is 16.0 Å². The number of rotatable bonds is 8. The van der Waals surface area contributed by atoms with E-state index in [0.717, 1.165) is 43.3 Å². The van der Waals surface area contributed by atoms with Gasteiger partial charge in [0.05, 0.1) is 12.0 Å². The third-order valence-corrected chi connectivity index (χ3v) is 7.49. The van der Waals surface area contributed by atoms with E-state index in [0.29, 0.717) is 18.8 Å². The van der Waals surface area contributed by atoms with E-state index in [1.807, 2.05) is 38.9 Å². The van der Waals surface area contributed by atoms with Crippen molar-refractivity contribution in [3.63, 3.8) is 0 Å². The van der Waals surface area contributed by atoms with E-state index in [1.165, 1.54) is 0 Å². The molecule has 1 aliphatic heterocycles. The molecule has 0 amide bonds. The topological polar surface area (TPSA) is 78.9 Å². The number of nitrogens with zero attached hydrogens (tertiary/aromatic N) is 5. The minimum absolute atomic E-state index is 0.0710. The second-order valence-electron chi connectivity index (χ2n) is 8.27. The largest absolute Gasteiger partial charge is 0.497 e. The zero-order valence-electron chi connectivity index (χ0n) is 19.1. The van der Waals surface area contributed by atoms with E-state index in [9.17, 15) is 8.42 Å². The number of sulfonamides is 1. The zero-order chi connectivity index (χ0) is 22.6. The Hall–Kier alpha value is -2.23. The first-order valence-corrected chi connectivity index (χ1v) is 12.0. The molecule has 170 valence electrons. The molecule has 0 spiro atoms. The highest BCUT2D eigenvalue weighted by atomic mass is 32.2. The average Bonchev–Trinajstić information content (AvgIpc) is 2.73. The second kappa shape index (κ2) is 9.93. The van der Waals surface area contributed by atoms with E-state index >= 15 is 0 Å². The molecule has 0 saturated carbocycles. The van der Waals surface area contributed by atoms with Gasteiger partial charge < -0.3 is 14.5 Å². The smallest absolute Gasteiger partial charge is 0.243 e. The number of likely N-dealkylation sites (N-methyl/N-ethyl adjacent to an activating group) is 1. The van der Waals surface area contributed by atoms with Crippen LogP contribution in [0.1, 0.15) is 24.2 Å². The first kappa shape index (κ1) is 23.4. The Morgan fingerprint density at radius 2 is 1.71 bits per heavy atom. The molecule has 1 aromatic heterocycles. The predicted molar refractivity (Wildman–Crippen MR) is 122 cm³/mol. The van der Waals surface area contributed by atoms with Crippen LogP contribution in [0, 0.1) is 13.8 Å². The van der Waals surface area contributed by atoms with E-state index in [1.54, 1.807) is 35.7 Å². The summed E-state index contributed by atoms with van der Waals surface area (Å²) in [6, 6.07) is 8.59. The van der Waals surface area contributed by atoms with Crippen molar-refractivity contribution in [3.8, 4) is 5.75 Å². The van der Waals surface area contributed by atoms with Crippen molar-refractivity contribution in [1.82, 2.24) is 19.2 Å². The Labute approximate surface area is 185 Å². The van der Waals surface area contributed by atoms with Gasteiger partial charge >= 0.3 is 0 Å². The molecular formula is C22H33N5O3S. The molecule has 0 aliphatic carbocycles. The number of aromatic nitrogens is 2. The van der Waals surface area contributed by atoms with E-state index < -0.39 is 10.0 Å². The molecule has 9 heteroatoms. The maximum absolute atomic E-state index is 13.6. The number of piperidine rings is 1. The Balaban J connectivity index is 1.81. The number of benzene rings is 1. The molecule has 1 aliphatic rings. The lowest BCUT2D eigenvalue weighted by Crippen LogP contribution is -2.49. The summed E-state index contributed by atoms with van der Waals surface area (Å²) >= 11 is 0. The summed E-state index contributed by atoms with van der Waals surface area (Å²) in [7, 11) is 1.80.